The highest BCUT2D eigenvalue weighted by molar-refractivity contribution is 7.80. The molecule has 120 valence electrons. The van der Waals surface area contributed by atoms with Gasteiger partial charge in [0.05, 0.1) is 0 Å². The second-order valence-corrected chi connectivity index (χ2v) is 6.46. The van der Waals surface area contributed by atoms with Gasteiger partial charge in [-0.15, -0.1) is 25.3 Å². The molecule has 0 atom stereocenters. The van der Waals surface area contributed by atoms with Gasteiger partial charge in [-0.1, -0.05) is 24.3 Å². The number of phenols is 2. The summed E-state index contributed by atoms with van der Waals surface area (Å²) in [5, 5.41) is 22.7. The van der Waals surface area contributed by atoms with Crippen molar-refractivity contribution in [1.29, 1.82) is 0 Å². The van der Waals surface area contributed by atoms with Crippen LogP contribution in [0.15, 0.2) is 82.6 Å². The van der Waals surface area contributed by atoms with E-state index in [1.807, 2.05) is 48.5 Å². The largest absolute Gasteiger partial charge is 0.508 e. The first-order valence-corrected chi connectivity index (χ1v) is 8.24. The minimum absolute atomic E-state index is 0.293. The average Bonchev–Trinajstić information content (AvgIpc) is 2.54. The molecule has 0 bridgehead atoms. The lowest BCUT2D eigenvalue weighted by Gasteiger charge is -1.98. The molecule has 0 spiro atoms. The summed E-state index contributed by atoms with van der Waals surface area (Å²) >= 11 is 8.43. The van der Waals surface area contributed by atoms with Crippen molar-refractivity contribution in [2.45, 2.75) is 9.79 Å². The molecule has 4 aromatic carbocycles. The first-order valence-electron chi connectivity index (χ1n) is 7.35. The number of aromatic hydroxyl groups is 2. The van der Waals surface area contributed by atoms with Crippen LogP contribution in [0.1, 0.15) is 0 Å². The van der Waals surface area contributed by atoms with Crippen LogP contribution in [-0.4, -0.2) is 10.2 Å². The molecule has 0 heterocycles. The lowest BCUT2D eigenvalue weighted by Crippen LogP contribution is -1.72. The number of fused-ring (bicyclic) bond motifs is 2. The van der Waals surface area contributed by atoms with Gasteiger partial charge in [-0.25, -0.2) is 0 Å². The van der Waals surface area contributed by atoms with E-state index in [1.165, 1.54) is 0 Å². The molecule has 4 aromatic rings. The summed E-state index contributed by atoms with van der Waals surface area (Å²) in [7, 11) is 0. The Hall–Kier alpha value is -2.30. The first kappa shape index (κ1) is 16.6. The van der Waals surface area contributed by atoms with E-state index in [0.717, 1.165) is 31.3 Å². The Morgan fingerprint density at radius 1 is 0.458 bits per heavy atom. The fraction of sp³-hybridized carbons (Fsp3) is 0. The van der Waals surface area contributed by atoms with Gasteiger partial charge in [0.2, 0.25) is 0 Å². The van der Waals surface area contributed by atoms with Crippen molar-refractivity contribution in [2.75, 3.05) is 0 Å². The van der Waals surface area contributed by atoms with Crippen molar-refractivity contribution in [3.05, 3.63) is 72.8 Å². The minimum Gasteiger partial charge on any atom is -0.508 e. The van der Waals surface area contributed by atoms with Gasteiger partial charge in [0, 0.05) is 9.79 Å². The molecular weight excluding hydrogens is 336 g/mol. The summed E-state index contributed by atoms with van der Waals surface area (Å²) < 4.78 is 0. The van der Waals surface area contributed by atoms with Crippen LogP contribution >= 0.6 is 25.3 Å². The third-order valence-corrected chi connectivity index (χ3v) is 4.17. The summed E-state index contributed by atoms with van der Waals surface area (Å²) in [6.45, 7) is 0. The van der Waals surface area contributed by atoms with Crippen LogP contribution in [0.5, 0.6) is 11.5 Å². The van der Waals surface area contributed by atoms with E-state index in [2.05, 4.69) is 25.3 Å². The predicted molar refractivity (Wildman–Crippen MR) is 106 cm³/mol. The molecule has 0 fully saturated rings. The SMILES string of the molecule is Oc1ccc2ccc(S)cc2c1.Oc1ccc2ccc(S)cc2c1. The molecule has 0 aliphatic rings. The molecule has 24 heavy (non-hydrogen) atoms. The monoisotopic (exact) mass is 352 g/mol. The van der Waals surface area contributed by atoms with Crippen LogP contribution in [0.3, 0.4) is 0 Å². The molecule has 0 aliphatic carbocycles. The van der Waals surface area contributed by atoms with Gasteiger partial charge < -0.3 is 10.2 Å². The van der Waals surface area contributed by atoms with E-state index in [1.54, 1.807) is 24.3 Å². The fourth-order valence-corrected chi connectivity index (χ4v) is 2.87. The van der Waals surface area contributed by atoms with E-state index in [9.17, 15) is 10.2 Å². The zero-order chi connectivity index (χ0) is 17.1. The number of thiol groups is 2. The smallest absolute Gasteiger partial charge is 0.116 e. The summed E-state index contributed by atoms with van der Waals surface area (Å²) in [5.74, 6) is 0.586. The topological polar surface area (TPSA) is 40.5 Å². The number of hydrogen-bond acceptors (Lipinski definition) is 4. The van der Waals surface area contributed by atoms with Crippen LogP contribution < -0.4 is 0 Å². The Morgan fingerprint density at radius 2 is 0.833 bits per heavy atom. The lowest BCUT2D eigenvalue weighted by atomic mass is 10.1. The molecule has 2 nitrogen and oxygen atoms in total. The van der Waals surface area contributed by atoms with Gasteiger partial charge in [0.25, 0.3) is 0 Å². The highest BCUT2D eigenvalue weighted by Crippen LogP contribution is 2.23. The summed E-state index contributed by atoms with van der Waals surface area (Å²) in [6.07, 6.45) is 0. The normalized spacial score (nSPS) is 10.4. The van der Waals surface area contributed by atoms with Crippen LogP contribution in [0, 0.1) is 0 Å². The molecule has 0 radical (unpaired) electrons. The second-order valence-electron chi connectivity index (χ2n) is 5.43. The van der Waals surface area contributed by atoms with E-state index in [4.69, 9.17) is 0 Å². The quantitative estimate of drug-likeness (QED) is 0.308. The minimum atomic E-state index is 0.293. The Balaban J connectivity index is 0.000000141. The molecule has 0 saturated carbocycles. The summed E-state index contributed by atoms with van der Waals surface area (Å²) in [4.78, 5) is 1.82. The van der Waals surface area contributed by atoms with Gasteiger partial charge in [-0.05, 0) is 70.1 Å². The fourth-order valence-electron chi connectivity index (χ4n) is 2.44. The third kappa shape index (κ3) is 3.96. The van der Waals surface area contributed by atoms with Crippen molar-refractivity contribution < 1.29 is 10.2 Å². The first-order chi connectivity index (χ1) is 11.5. The van der Waals surface area contributed by atoms with Gasteiger partial charge in [0.1, 0.15) is 11.5 Å². The van der Waals surface area contributed by atoms with Crippen LogP contribution in [-0.2, 0) is 0 Å². The van der Waals surface area contributed by atoms with E-state index in [-0.39, 0.29) is 0 Å². The van der Waals surface area contributed by atoms with Crippen molar-refractivity contribution in [1.82, 2.24) is 0 Å². The van der Waals surface area contributed by atoms with Crippen LogP contribution in [0.2, 0.25) is 0 Å². The highest BCUT2D eigenvalue weighted by atomic mass is 32.1. The van der Waals surface area contributed by atoms with Crippen LogP contribution in [0.4, 0.5) is 0 Å². The number of rotatable bonds is 0. The van der Waals surface area contributed by atoms with E-state index < -0.39 is 0 Å². The lowest BCUT2D eigenvalue weighted by molar-refractivity contribution is 0.475. The molecule has 0 aromatic heterocycles. The number of phenolic OH excluding ortho intramolecular Hbond substituents is 2. The zero-order valence-electron chi connectivity index (χ0n) is 12.7. The molecule has 0 amide bonds. The molecule has 0 aliphatic heterocycles. The molecule has 4 rings (SSSR count). The Bertz CT molecular complexity index is 856. The van der Waals surface area contributed by atoms with Crippen molar-refractivity contribution >= 4 is 46.8 Å². The maximum atomic E-state index is 9.20. The third-order valence-electron chi connectivity index (χ3n) is 3.61. The van der Waals surface area contributed by atoms with Gasteiger partial charge in [-0.2, -0.15) is 0 Å². The highest BCUT2D eigenvalue weighted by Gasteiger charge is 1.95. The van der Waals surface area contributed by atoms with E-state index >= 15 is 0 Å². The van der Waals surface area contributed by atoms with E-state index in [0.29, 0.717) is 11.5 Å². The van der Waals surface area contributed by atoms with Gasteiger partial charge >= 0.3 is 0 Å². The molecule has 0 saturated heterocycles. The van der Waals surface area contributed by atoms with Crippen molar-refractivity contribution in [3.8, 4) is 11.5 Å². The molecule has 0 unspecified atom stereocenters. The average molecular weight is 352 g/mol. The Labute approximate surface area is 151 Å². The Morgan fingerprint density at radius 3 is 1.25 bits per heavy atom. The zero-order valence-corrected chi connectivity index (χ0v) is 14.5. The number of hydrogen-bond donors (Lipinski definition) is 4. The maximum absolute atomic E-state index is 9.20. The standard InChI is InChI=1S/2C10H8OS/c2*11-9-3-1-7-2-4-10(12)6-8(7)5-9/h2*1-6,11-12H. The Kier molecular flexibility index (Phi) is 4.88. The van der Waals surface area contributed by atoms with Gasteiger partial charge in [-0.3, -0.25) is 0 Å². The van der Waals surface area contributed by atoms with Crippen molar-refractivity contribution in [3.63, 3.8) is 0 Å². The maximum Gasteiger partial charge on any atom is 0.116 e. The molecule has 4 heteroatoms. The van der Waals surface area contributed by atoms with Gasteiger partial charge in [0.15, 0.2) is 0 Å². The van der Waals surface area contributed by atoms with Crippen LogP contribution in [0.25, 0.3) is 21.5 Å². The molecule has 2 N–H and O–H groups in total. The number of benzene rings is 4. The molecular formula is C20H16O2S2. The van der Waals surface area contributed by atoms with Crippen molar-refractivity contribution in [2.24, 2.45) is 0 Å². The summed E-state index contributed by atoms with van der Waals surface area (Å²) in [5.41, 5.74) is 0. The second kappa shape index (κ2) is 7.07. The summed E-state index contributed by atoms with van der Waals surface area (Å²) in [6, 6.07) is 22.3. The predicted octanol–water partition coefficient (Wildman–Crippen LogP) is 5.67.